The molecule has 9 nitrogen and oxygen atoms in total. The van der Waals surface area contributed by atoms with Gasteiger partial charge in [-0.15, -0.1) is 4.52 Å². The Labute approximate surface area is 163 Å². The van der Waals surface area contributed by atoms with E-state index in [1.54, 1.807) is 0 Å². The van der Waals surface area contributed by atoms with Gasteiger partial charge >= 0.3 is 7.67 Å². The second-order valence-corrected chi connectivity index (χ2v) is 16.1. The van der Waals surface area contributed by atoms with Gasteiger partial charge in [-0.1, -0.05) is 17.7 Å². The van der Waals surface area contributed by atoms with Crippen LogP contribution in [0.5, 0.6) is 5.75 Å². The minimum atomic E-state index is -3.60. The summed E-state index contributed by atoms with van der Waals surface area (Å²) in [5.41, 5.74) is 1.11. The van der Waals surface area contributed by atoms with Gasteiger partial charge in [0.1, 0.15) is 5.75 Å². The van der Waals surface area contributed by atoms with E-state index in [0.717, 1.165) is 5.56 Å². The van der Waals surface area contributed by atoms with Crippen LogP contribution < -0.4 is 9.38 Å². The maximum absolute atomic E-state index is 13.9. The zero-order valence-corrected chi connectivity index (χ0v) is 20.3. The summed E-state index contributed by atoms with van der Waals surface area (Å²) in [7, 11) is 6.72. The lowest BCUT2D eigenvalue weighted by Crippen LogP contribution is -2.34. The van der Waals surface area contributed by atoms with Crippen LogP contribution in [0.15, 0.2) is 33.3 Å². The van der Waals surface area contributed by atoms with E-state index in [1.807, 2.05) is 106 Å². The molecule has 1 aliphatic rings. The summed E-state index contributed by atoms with van der Waals surface area (Å²) < 4.78 is 37.7. The summed E-state index contributed by atoms with van der Waals surface area (Å²) in [6.07, 6.45) is 0. The summed E-state index contributed by atoms with van der Waals surface area (Å²) in [5, 5.41) is 0. The van der Waals surface area contributed by atoms with Crippen molar-refractivity contribution in [3.05, 3.63) is 29.8 Å². The largest absolute Gasteiger partial charge is 0.447 e. The van der Waals surface area contributed by atoms with Crippen LogP contribution in [-0.2, 0) is 4.57 Å². The highest BCUT2D eigenvalue weighted by molar-refractivity contribution is 7.84. The first kappa shape index (κ1) is 22.8. The molecule has 0 aromatic heterocycles. The second-order valence-electron chi connectivity index (χ2n) is 7.20. The first-order chi connectivity index (χ1) is 12.4. The molecule has 27 heavy (non-hydrogen) atoms. The number of aryl methyl sites for hydroxylation is 1. The molecule has 1 unspecified atom stereocenters. The third-order valence-corrected chi connectivity index (χ3v) is 15.0. The zero-order chi connectivity index (χ0) is 20.6. The van der Waals surface area contributed by atoms with E-state index < -0.39 is 22.7 Å². The van der Waals surface area contributed by atoms with Gasteiger partial charge in [0.2, 0.25) is 7.51 Å². The molecule has 0 aliphatic carbocycles. The molecule has 0 fully saturated rings. The van der Waals surface area contributed by atoms with Crippen LogP contribution in [0.1, 0.15) is 5.56 Å². The molecule has 0 saturated carbocycles. The average Bonchev–Trinajstić information content (AvgIpc) is 2.55. The number of benzene rings is 1. The normalized spacial score (nSPS) is 24.2. The van der Waals surface area contributed by atoms with E-state index >= 15 is 0 Å². The van der Waals surface area contributed by atoms with Crippen LogP contribution in [0, 0.1) is 6.92 Å². The Bertz CT molecular complexity index is 810. The molecule has 1 atom stereocenters. The van der Waals surface area contributed by atoms with Gasteiger partial charge in [-0.2, -0.15) is 9.37 Å². The van der Waals surface area contributed by atoms with Gasteiger partial charge in [-0.05, 0) is 75.4 Å². The minimum Gasteiger partial charge on any atom is -0.417 e. The van der Waals surface area contributed by atoms with Gasteiger partial charge < -0.3 is 4.52 Å². The van der Waals surface area contributed by atoms with Gasteiger partial charge in [0, 0.05) is 0 Å². The number of hydrogen-bond acceptors (Lipinski definition) is 7. The van der Waals surface area contributed by atoms with Gasteiger partial charge in [-0.25, -0.2) is 13.9 Å². The summed E-state index contributed by atoms with van der Waals surface area (Å²) in [4.78, 5) is 3.21. The maximum atomic E-state index is 13.9. The van der Waals surface area contributed by atoms with Crippen LogP contribution in [0.3, 0.4) is 0 Å². The topological polar surface area (TPSA) is 76.0 Å². The molecule has 154 valence electrons. The third kappa shape index (κ3) is 4.42. The van der Waals surface area contributed by atoms with Crippen molar-refractivity contribution in [3.63, 3.8) is 0 Å². The molecule has 1 aliphatic heterocycles. The van der Waals surface area contributed by atoms with Crippen molar-refractivity contribution in [2.45, 2.75) is 6.92 Å². The van der Waals surface area contributed by atoms with Crippen LogP contribution in [0.2, 0.25) is 0 Å². The predicted octanol–water partition coefficient (Wildman–Crippen LogP) is 4.22. The molecular formula is C15H32N7O2P3. The van der Waals surface area contributed by atoms with Crippen molar-refractivity contribution in [1.82, 2.24) is 23.5 Å². The Balaban J connectivity index is 2.73. The number of nitrogens with zero attached hydrogens (tertiary/aromatic N) is 6. The maximum Gasteiger partial charge on any atom is 0.447 e. The van der Waals surface area contributed by atoms with Gasteiger partial charge in [0.15, 0.2) is 7.51 Å². The van der Waals surface area contributed by atoms with Gasteiger partial charge in [0.05, 0.1) is 0 Å². The summed E-state index contributed by atoms with van der Waals surface area (Å²) in [6.45, 7) is 2.00. The van der Waals surface area contributed by atoms with E-state index in [9.17, 15) is 4.57 Å². The molecule has 1 aromatic carbocycles. The Hall–Kier alpha value is -0.490. The van der Waals surface area contributed by atoms with Crippen molar-refractivity contribution in [3.8, 4) is 5.75 Å². The minimum absolute atomic E-state index is 0.522. The first-order valence-corrected chi connectivity index (χ1v) is 13.3. The quantitative estimate of drug-likeness (QED) is 0.671. The van der Waals surface area contributed by atoms with Gasteiger partial charge in [-0.3, -0.25) is 9.34 Å². The highest BCUT2D eigenvalue weighted by Gasteiger charge is 2.47. The van der Waals surface area contributed by atoms with Gasteiger partial charge in [0.25, 0.3) is 0 Å². The van der Waals surface area contributed by atoms with E-state index in [1.165, 1.54) is 0 Å². The molecule has 0 spiro atoms. The molecule has 0 radical (unpaired) electrons. The van der Waals surface area contributed by atoms with E-state index in [0.29, 0.717) is 5.75 Å². The number of rotatable bonds is 6. The SMILES string of the molecule is Cc1ccc(OP2(=O)N=P(N(C)C)(N(C)C)N=P(N(C)C)(N(C)C)N2)cc1. The average molecular weight is 435 g/mol. The highest BCUT2D eigenvalue weighted by atomic mass is 31.3. The number of hydrogen-bond donors (Lipinski definition) is 1. The molecule has 1 N–H and O–H groups in total. The molecule has 2 rings (SSSR count). The van der Waals surface area contributed by atoms with Crippen molar-refractivity contribution in [2.24, 2.45) is 9.03 Å². The van der Waals surface area contributed by atoms with E-state index in [-0.39, 0.29) is 0 Å². The monoisotopic (exact) mass is 435 g/mol. The second kappa shape index (κ2) is 8.10. The van der Waals surface area contributed by atoms with Crippen molar-refractivity contribution < 1.29 is 9.09 Å². The Morgan fingerprint density at radius 2 is 1.30 bits per heavy atom. The fourth-order valence-electron chi connectivity index (χ4n) is 2.71. The summed E-state index contributed by atoms with van der Waals surface area (Å²) >= 11 is 0. The molecule has 1 aromatic rings. The smallest absolute Gasteiger partial charge is 0.417 e. The predicted molar refractivity (Wildman–Crippen MR) is 116 cm³/mol. The number of nitrogens with one attached hydrogen (secondary N) is 1. The lowest BCUT2D eigenvalue weighted by atomic mass is 10.2. The lowest BCUT2D eigenvalue weighted by molar-refractivity contribution is 0.468. The molecule has 12 heteroatoms. The van der Waals surface area contributed by atoms with Crippen LogP contribution in [0.25, 0.3) is 0 Å². The Morgan fingerprint density at radius 1 is 0.815 bits per heavy atom. The van der Waals surface area contributed by atoms with Crippen molar-refractivity contribution in [2.75, 3.05) is 56.4 Å². The van der Waals surface area contributed by atoms with Crippen LogP contribution >= 0.6 is 22.7 Å². The fraction of sp³-hybridized carbons (Fsp3) is 0.600. The van der Waals surface area contributed by atoms with E-state index in [4.69, 9.17) is 13.6 Å². The van der Waals surface area contributed by atoms with Crippen LogP contribution in [-0.4, -0.2) is 75.1 Å². The summed E-state index contributed by atoms with van der Waals surface area (Å²) in [5.74, 6) is 0.522. The first-order valence-electron chi connectivity index (χ1n) is 8.52. The standard InChI is InChI=1S/C15H32N7O2P3/c1-14-10-12-15(13-11-14)24-27(23)17-25(19(2)3,20(4)5)16-26(18-27,21(6)7)22(8)9/h10-13H,1-9H3,(H,17,23). The molecule has 0 amide bonds. The highest BCUT2D eigenvalue weighted by Crippen LogP contribution is 2.76. The van der Waals surface area contributed by atoms with Crippen molar-refractivity contribution in [1.29, 1.82) is 0 Å². The fourth-order valence-corrected chi connectivity index (χ4v) is 15.6. The zero-order valence-electron chi connectivity index (χ0n) is 17.7. The lowest BCUT2D eigenvalue weighted by Gasteiger charge is -2.45. The molecule has 0 saturated heterocycles. The molecular weight excluding hydrogens is 403 g/mol. The molecule has 0 bridgehead atoms. The van der Waals surface area contributed by atoms with Crippen LogP contribution in [0.4, 0.5) is 0 Å². The third-order valence-electron chi connectivity index (χ3n) is 4.18. The summed E-state index contributed by atoms with van der Waals surface area (Å²) in [6, 6.07) is 7.48. The molecule has 1 heterocycles. The Kier molecular flexibility index (Phi) is 6.83. The van der Waals surface area contributed by atoms with E-state index in [2.05, 4.69) is 4.86 Å². The van der Waals surface area contributed by atoms with Crippen molar-refractivity contribution >= 4 is 22.7 Å². The Morgan fingerprint density at radius 3 is 1.70 bits per heavy atom.